The Hall–Kier alpha value is -1.84. The second-order valence-corrected chi connectivity index (χ2v) is 6.22. The Kier molecular flexibility index (Phi) is 4.66. The third kappa shape index (κ3) is 3.43. The molecule has 1 aliphatic heterocycles. The number of hydrogen-bond donors (Lipinski definition) is 0. The molecule has 0 N–H and O–H groups in total. The van der Waals surface area contributed by atoms with Crippen LogP contribution < -0.4 is 4.90 Å². The predicted octanol–water partition coefficient (Wildman–Crippen LogP) is 3.16. The highest BCUT2D eigenvalue weighted by molar-refractivity contribution is 5.96. The highest BCUT2D eigenvalue weighted by Gasteiger charge is 2.41. The van der Waals surface area contributed by atoms with E-state index in [0.717, 1.165) is 12.1 Å². The van der Waals surface area contributed by atoms with Crippen LogP contribution >= 0.6 is 0 Å². The summed E-state index contributed by atoms with van der Waals surface area (Å²) in [7, 11) is 1.41. The highest BCUT2D eigenvalue weighted by atomic mass is 16.5. The molecule has 1 amide bonds. The minimum atomic E-state index is -0.196. The fourth-order valence-electron chi connectivity index (χ4n) is 3.03. The molecule has 4 heteroatoms. The molecular weight excluding hydrogens is 266 g/mol. The molecule has 0 bridgehead atoms. The van der Waals surface area contributed by atoms with Gasteiger partial charge in [0.2, 0.25) is 5.91 Å². The van der Waals surface area contributed by atoms with E-state index in [1.807, 2.05) is 35.2 Å². The maximum Gasteiger partial charge on any atom is 0.305 e. The first kappa shape index (κ1) is 15.5. The van der Waals surface area contributed by atoms with Gasteiger partial charge in [-0.25, -0.2) is 0 Å². The van der Waals surface area contributed by atoms with Crippen molar-refractivity contribution in [1.29, 1.82) is 0 Å². The molecule has 1 fully saturated rings. The molecule has 1 aliphatic rings. The normalized spacial score (nSPS) is 18.9. The topological polar surface area (TPSA) is 46.6 Å². The molecule has 0 radical (unpaired) electrons. The first-order valence-corrected chi connectivity index (χ1v) is 7.39. The van der Waals surface area contributed by atoms with Crippen LogP contribution in [-0.4, -0.2) is 25.0 Å². The molecule has 0 aliphatic carbocycles. The molecule has 114 valence electrons. The van der Waals surface area contributed by atoms with Crippen LogP contribution in [0.25, 0.3) is 0 Å². The van der Waals surface area contributed by atoms with Crippen LogP contribution in [0.15, 0.2) is 30.3 Å². The Bertz CT molecular complexity index is 510. The SMILES string of the molecule is COC(=O)CCC(C)(C)C1CCC(=O)N1c1ccccc1. The van der Waals surface area contributed by atoms with Gasteiger partial charge in [0.15, 0.2) is 0 Å². The average Bonchev–Trinajstić information content (AvgIpc) is 2.88. The summed E-state index contributed by atoms with van der Waals surface area (Å²) in [6, 6.07) is 9.89. The summed E-state index contributed by atoms with van der Waals surface area (Å²) in [6.45, 7) is 4.24. The van der Waals surface area contributed by atoms with E-state index in [0.29, 0.717) is 19.3 Å². The molecule has 1 aromatic rings. The second kappa shape index (κ2) is 6.29. The smallest absolute Gasteiger partial charge is 0.305 e. The number of hydrogen-bond acceptors (Lipinski definition) is 3. The summed E-state index contributed by atoms with van der Waals surface area (Å²) in [5, 5.41) is 0. The lowest BCUT2D eigenvalue weighted by molar-refractivity contribution is -0.141. The van der Waals surface area contributed by atoms with Crippen molar-refractivity contribution in [2.24, 2.45) is 5.41 Å². The van der Waals surface area contributed by atoms with Crippen molar-refractivity contribution < 1.29 is 14.3 Å². The number of anilines is 1. The van der Waals surface area contributed by atoms with E-state index in [9.17, 15) is 9.59 Å². The van der Waals surface area contributed by atoms with E-state index in [-0.39, 0.29) is 23.3 Å². The third-order valence-corrected chi connectivity index (χ3v) is 4.35. The van der Waals surface area contributed by atoms with E-state index in [2.05, 4.69) is 13.8 Å². The number of benzene rings is 1. The lowest BCUT2D eigenvalue weighted by Crippen LogP contribution is -2.43. The molecule has 4 nitrogen and oxygen atoms in total. The molecule has 1 saturated heterocycles. The first-order chi connectivity index (χ1) is 9.95. The maximum absolute atomic E-state index is 12.3. The fraction of sp³-hybridized carbons (Fsp3) is 0.529. The van der Waals surface area contributed by atoms with Crippen LogP contribution in [0.5, 0.6) is 0 Å². The van der Waals surface area contributed by atoms with Crippen LogP contribution in [0, 0.1) is 5.41 Å². The molecular formula is C17H23NO3. The van der Waals surface area contributed by atoms with Crippen LogP contribution in [0.1, 0.15) is 39.5 Å². The van der Waals surface area contributed by atoms with Gasteiger partial charge < -0.3 is 9.64 Å². The summed E-state index contributed by atoms with van der Waals surface area (Å²) < 4.78 is 4.72. The number of carbonyl (C=O) groups excluding carboxylic acids is 2. The molecule has 0 spiro atoms. The van der Waals surface area contributed by atoms with Gasteiger partial charge in [-0.2, -0.15) is 0 Å². The summed E-state index contributed by atoms with van der Waals surface area (Å²) in [5.74, 6) is -0.0315. The van der Waals surface area contributed by atoms with Crippen molar-refractivity contribution in [3.8, 4) is 0 Å². The van der Waals surface area contributed by atoms with Gasteiger partial charge in [0, 0.05) is 24.6 Å². The lowest BCUT2D eigenvalue weighted by Gasteiger charge is -2.37. The number of rotatable bonds is 5. The number of methoxy groups -OCH3 is 1. The quantitative estimate of drug-likeness (QED) is 0.782. The van der Waals surface area contributed by atoms with Crippen molar-refractivity contribution in [3.05, 3.63) is 30.3 Å². The van der Waals surface area contributed by atoms with Gasteiger partial charge >= 0.3 is 5.97 Å². The van der Waals surface area contributed by atoms with E-state index < -0.39 is 0 Å². The summed E-state index contributed by atoms with van der Waals surface area (Å²) >= 11 is 0. The van der Waals surface area contributed by atoms with Crippen molar-refractivity contribution in [2.45, 2.75) is 45.6 Å². The highest BCUT2D eigenvalue weighted by Crippen LogP contribution is 2.39. The number of amides is 1. The molecule has 0 aromatic heterocycles. The Morgan fingerprint density at radius 2 is 2.00 bits per heavy atom. The minimum absolute atomic E-state index is 0.122. The van der Waals surface area contributed by atoms with Gasteiger partial charge in [0.05, 0.1) is 7.11 Å². The molecule has 1 unspecified atom stereocenters. The zero-order valence-electron chi connectivity index (χ0n) is 13.0. The van der Waals surface area contributed by atoms with E-state index in [1.165, 1.54) is 7.11 Å². The van der Waals surface area contributed by atoms with Gasteiger partial charge in [-0.3, -0.25) is 9.59 Å². The zero-order valence-corrected chi connectivity index (χ0v) is 13.0. The molecule has 1 aromatic carbocycles. The van der Waals surface area contributed by atoms with Crippen molar-refractivity contribution in [1.82, 2.24) is 0 Å². The van der Waals surface area contributed by atoms with Gasteiger partial charge in [-0.15, -0.1) is 0 Å². The van der Waals surface area contributed by atoms with Crippen molar-refractivity contribution >= 4 is 17.6 Å². The Morgan fingerprint density at radius 3 is 2.62 bits per heavy atom. The predicted molar refractivity (Wildman–Crippen MR) is 82.0 cm³/mol. The van der Waals surface area contributed by atoms with Gasteiger partial charge in [-0.1, -0.05) is 32.0 Å². The monoisotopic (exact) mass is 289 g/mol. The van der Waals surface area contributed by atoms with Gasteiger partial charge in [-0.05, 0) is 30.4 Å². The van der Waals surface area contributed by atoms with E-state index >= 15 is 0 Å². The largest absolute Gasteiger partial charge is 0.469 e. The number of carbonyl (C=O) groups is 2. The van der Waals surface area contributed by atoms with Crippen LogP contribution in [0.2, 0.25) is 0 Å². The van der Waals surface area contributed by atoms with E-state index in [1.54, 1.807) is 0 Å². The van der Waals surface area contributed by atoms with Gasteiger partial charge in [0.25, 0.3) is 0 Å². The van der Waals surface area contributed by atoms with E-state index in [4.69, 9.17) is 4.74 Å². The second-order valence-electron chi connectivity index (χ2n) is 6.22. The van der Waals surface area contributed by atoms with Crippen LogP contribution in [-0.2, 0) is 14.3 Å². The summed E-state index contributed by atoms with van der Waals surface area (Å²) in [5.41, 5.74) is 0.812. The Labute approximate surface area is 126 Å². The van der Waals surface area contributed by atoms with Crippen LogP contribution in [0.4, 0.5) is 5.69 Å². The molecule has 1 atom stereocenters. The average molecular weight is 289 g/mol. The number of para-hydroxylation sites is 1. The van der Waals surface area contributed by atoms with Crippen LogP contribution in [0.3, 0.4) is 0 Å². The zero-order chi connectivity index (χ0) is 15.5. The molecule has 0 saturated carbocycles. The van der Waals surface area contributed by atoms with Gasteiger partial charge in [0.1, 0.15) is 0 Å². The Morgan fingerprint density at radius 1 is 1.33 bits per heavy atom. The third-order valence-electron chi connectivity index (χ3n) is 4.35. The molecule has 21 heavy (non-hydrogen) atoms. The van der Waals surface area contributed by atoms with Crippen molar-refractivity contribution in [2.75, 3.05) is 12.0 Å². The summed E-state index contributed by atoms with van der Waals surface area (Å²) in [4.78, 5) is 25.5. The standard InChI is InChI=1S/C17H23NO3/c1-17(2,12-11-16(20)21-3)14-9-10-15(19)18(14)13-7-5-4-6-8-13/h4-8,14H,9-12H2,1-3H3. The number of ether oxygens (including phenoxy) is 1. The lowest BCUT2D eigenvalue weighted by atomic mass is 9.78. The molecule has 1 heterocycles. The minimum Gasteiger partial charge on any atom is -0.469 e. The number of nitrogens with zero attached hydrogens (tertiary/aromatic N) is 1. The Balaban J connectivity index is 2.17. The number of esters is 1. The van der Waals surface area contributed by atoms with Crippen molar-refractivity contribution in [3.63, 3.8) is 0 Å². The first-order valence-electron chi connectivity index (χ1n) is 7.39. The molecule has 2 rings (SSSR count). The maximum atomic E-state index is 12.3. The fourth-order valence-corrected chi connectivity index (χ4v) is 3.03. The summed E-state index contributed by atoms with van der Waals surface area (Å²) in [6.07, 6.45) is 2.50.